The van der Waals surface area contributed by atoms with Crippen molar-refractivity contribution in [2.75, 3.05) is 5.32 Å². The van der Waals surface area contributed by atoms with Gasteiger partial charge >= 0.3 is 0 Å². The molecule has 0 aliphatic heterocycles. The largest absolute Gasteiger partial charge is 0.339 e. The summed E-state index contributed by atoms with van der Waals surface area (Å²) in [5.74, 6) is 0.798. The van der Waals surface area contributed by atoms with Gasteiger partial charge in [-0.3, -0.25) is 4.79 Å². The number of hydrogen-bond donors (Lipinski definition) is 1. The van der Waals surface area contributed by atoms with Gasteiger partial charge in [0.1, 0.15) is 0 Å². The molecule has 0 spiro atoms. The average molecular weight is 307 g/mol. The van der Waals surface area contributed by atoms with Gasteiger partial charge in [-0.2, -0.15) is 4.98 Å². The van der Waals surface area contributed by atoms with Crippen LogP contribution in [0.25, 0.3) is 11.4 Å². The number of carbonyl (C=O) groups excluding carboxylic acids is 1. The third-order valence-electron chi connectivity index (χ3n) is 3.53. The van der Waals surface area contributed by atoms with Crippen molar-refractivity contribution >= 4 is 11.6 Å². The Morgan fingerprint density at radius 1 is 1.17 bits per heavy atom. The number of amides is 1. The maximum atomic E-state index is 12.4. The van der Waals surface area contributed by atoms with E-state index in [1.54, 1.807) is 25.1 Å². The molecule has 1 amide bonds. The third-order valence-corrected chi connectivity index (χ3v) is 3.53. The van der Waals surface area contributed by atoms with E-state index in [2.05, 4.69) is 22.4 Å². The minimum absolute atomic E-state index is 0.170. The van der Waals surface area contributed by atoms with E-state index in [9.17, 15) is 4.79 Å². The van der Waals surface area contributed by atoms with E-state index in [1.165, 1.54) is 5.56 Å². The number of nitrogens with zero attached hydrogens (tertiary/aromatic N) is 2. The molecule has 0 unspecified atom stereocenters. The van der Waals surface area contributed by atoms with Crippen molar-refractivity contribution in [3.8, 4) is 11.4 Å². The van der Waals surface area contributed by atoms with E-state index in [4.69, 9.17) is 4.52 Å². The highest BCUT2D eigenvalue weighted by atomic mass is 16.5. The maximum Gasteiger partial charge on any atom is 0.255 e. The highest BCUT2D eigenvalue weighted by Crippen LogP contribution is 2.18. The molecule has 1 heterocycles. The molecule has 0 bridgehead atoms. The van der Waals surface area contributed by atoms with Crippen molar-refractivity contribution in [1.29, 1.82) is 0 Å². The lowest BCUT2D eigenvalue weighted by Gasteiger charge is -2.07. The molecule has 0 fully saturated rings. The maximum absolute atomic E-state index is 12.4. The molecule has 116 valence electrons. The minimum atomic E-state index is -0.170. The topological polar surface area (TPSA) is 68.0 Å². The molecule has 1 N–H and O–H groups in total. The number of rotatable bonds is 4. The van der Waals surface area contributed by atoms with Gasteiger partial charge in [-0.25, -0.2) is 0 Å². The molecule has 3 aromatic rings. The van der Waals surface area contributed by atoms with Crippen LogP contribution in [0.2, 0.25) is 0 Å². The Hall–Kier alpha value is -2.95. The van der Waals surface area contributed by atoms with Crippen molar-refractivity contribution < 1.29 is 9.32 Å². The fraction of sp³-hybridized carbons (Fsp3) is 0.167. The Labute approximate surface area is 134 Å². The van der Waals surface area contributed by atoms with Crippen LogP contribution in [0.15, 0.2) is 53.1 Å². The van der Waals surface area contributed by atoms with Crippen molar-refractivity contribution in [3.63, 3.8) is 0 Å². The molecule has 1 aromatic heterocycles. The van der Waals surface area contributed by atoms with Gasteiger partial charge < -0.3 is 9.84 Å². The fourth-order valence-electron chi connectivity index (χ4n) is 2.24. The summed E-state index contributed by atoms with van der Waals surface area (Å²) in [7, 11) is 0. The van der Waals surface area contributed by atoms with Gasteiger partial charge in [0.05, 0.1) is 0 Å². The summed E-state index contributed by atoms with van der Waals surface area (Å²) in [4.78, 5) is 16.6. The van der Waals surface area contributed by atoms with Crippen LogP contribution in [0.4, 0.5) is 5.69 Å². The quantitative estimate of drug-likeness (QED) is 0.794. The predicted molar refractivity (Wildman–Crippen MR) is 88.2 cm³/mol. The zero-order chi connectivity index (χ0) is 16.2. The molecule has 5 heteroatoms. The second-order valence-corrected chi connectivity index (χ2v) is 5.22. The third kappa shape index (κ3) is 3.45. The van der Waals surface area contributed by atoms with Gasteiger partial charge in [0.2, 0.25) is 11.7 Å². The normalized spacial score (nSPS) is 10.5. The second kappa shape index (κ2) is 6.44. The van der Waals surface area contributed by atoms with Crippen molar-refractivity contribution in [2.24, 2.45) is 0 Å². The van der Waals surface area contributed by atoms with E-state index in [-0.39, 0.29) is 5.91 Å². The molecule has 5 nitrogen and oxygen atoms in total. The summed E-state index contributed by atoms with van der Waals surface area (Å²) >= 11 is 0. The average Bonchev–Trinajstić information content (AvgIpc) is 3.02. The number of aryl methyl sites for hydroxylation is 2. The first-order valence-corrected chi connectivity index (χ1v) is 7.47. The lowest BCUT2D eigenvalue weighted by atomic mass is 10.1. The van der Waals surface area contributed by atoms with Gasteiger partial charge in [-0.15, -0.1) is 0 Å². The predicted octanol–water partition coefficient (Wildman–Crippen LogP) is 3.86. The van der Waals surface area contributed by atoms with Crippen LogP contribution < -0.4 is 5.32 Å². The van der Waals surface area contributed by atoms with E-state index in [0.29, 0.717) is 17.3 Å². The molecule has 23 heavy (non-hydrogen) atoms. The standard InChI is InChI=1S/C18H17N3O2/c1-3-13-7-9-16(10-8-13)20-18(22)15-6-4-5-14(11-15)17-19-12(2)23-21-17/h4-11H,3H2,1-2H3,(H,20,22). The van der Waals surface area contributed by atoms with E-state index in [0.717, 1.165) is 17.7 Å². The van der Waals surface area contributed by atoms with Crippen LogP contribution in [0.3, 0.4) is 0 Å². The monoisotopic (exact) mass is 307 g/mol. The molecule has 0 saturated heterocycles. The van der Waals surface area contributed by atoms with Crippen LogP contribution in [-0.4, -0.2) is 16.0 Å². The Bertz CT molecular complexity index is 822. The van der Waals surface area contributed by atoms with Crippen LogP contribution in [0.5, 0.6) is 0 Å². The van der Waals surface area contributed by atoms with E-state index in [1.807, 2.05) is 30.3 Å². The first kappa shape index (κ1) is 15.0. The van der Waals surface area contributed by atoms with Gasteiger partial charge in [0.15, 0.2) is 0 Å². The number of nitrogens with one attached hydrogen (secondary N) is 1. The Morgan fingerprint density at radius 3 is 2.61 bits per heavy atom. The van der Waals surface area contributed by atoms with E-state index >= 15 is 0 Å². The summed E-state index contributed by atoms with van der Waals surface area (Å²) < 4.78 is 4.98. The zero-order valence-corrected chi connectivity index (χ0v) is 13.0. The highest BCUT2D eigenvalue weighted by molar-refractivity contribution is 6.04. The first-order valence-electron chi connectivity index (χ1n) is 7.47. The molecule has 3 rings (SSSR count). The number of carbonyl (C=O) groups is 1. The SMILES string of the molecule is CCc1ccc(NC(=O)c2cccc(-c3noc(C)n3)c2)cc1. The number of hydrogen-bond acceptors (Lipinski definition) is 4. The summed E-state index contributed by atoms with van der Waals surface area (Å²) in [5, 5.41) is 6.76. The van der Waals surface area contributed by atoms with Gasteiger partial charge in [0, 0.05) is 23.7 Å². The highest BCUT2D eigenvalue weighted by Gasteiger charge is 2.10. The van der Waals surface area contributed by atoms with Gasteiger partial charge in [-0.05, 0) is 36.2 Å². The molecular weight excluding hydrogens is 290 g/mol. The molecule has 0 radical (unpaired) electrons. The van der Waals surface area contributed by atoms with Crippen LogP contribution in [0.1, 0.15) is 28.7 Å². The molecule has 0 saturated carbocycles. The van der Waals surface area contributed by atoms with Crippen LogP contribution >= 0.6 is 0 Å². The summed E-state index contributed by atoms with van der Waals surface area (Å²) in [6, 6.07) is 15.0. The summed E-state index contributed by atoms with van der Waals surface area (Å²) in [6.45, 7) is 3.83. The lowest BCUT2D eigenvalue weighted by molar-refractivity contribution is 0.102. The summed E-state index contributed by atoms with van der Waals surface area (Å²) in [6.07, 6.45) is 0.973. The molecule has 2 aromatic carbocycles. The van der Waals surface area contributed by atoms with Crippen LogP contribution in [-0.2, 0) is 6.42 Å². The van der Waals surface area contributed by atoms with Gasteiger partial charge in [0.25, 0.3) is 5.91 Å². The van der Waals surface area contributed by atoms with Crippen molar-refractivity contribution in [2.45, 2.75) is 20.3 Å². The number of aromatic nitrogens is 2. The second-order valence-electron chi connectivity index (χ2n) is 5.22. The smallest absolute Gasteiger partial charge is 0.255 e. The lowest BCUT2D eigenvalue weighted by Crippen LogP contribution is -2.11. The van der Waals surface area contributed by atoms with Crippen molar-refractivity contribution in [3.05, 3.63) is 65.5 Å². The van der Waals surface area contributed by atoms with Crippen molar-refractivity contribution in [1.82, 2.24) is 10.1 Å². The molecule has 0 atom stereocenters. The fourth-order valence-corrected chi connectivity index (χ4v) is 2.24. The molecule has 0 aliphatic rings. The minimum Gasteiger partial charge on any atom is -0.339 e. The van der Waals surface area contributed by atoms with Gasteiger partial charge in [-0.1, -0.05) is 36.3 Å². The number of anilines is 1. The van der Waals surface area contributed by atoms with Crippen LogP contribution in [0, 0.1) is 6.92 Å². The van der Waals surface area contributed by atoms with E-state index < -0.39 is 0 Å². The Balaban J connectivity index is 1.79. The number of benzene rings is 2. The summed E-state index contributed by atoms with van der Waals surface area (Å²) in [5.41, 5.74) is 3.30. The molecule has 0 aliphatic carbocycles. The first-order chi connectivity index (χ1) is 11.2. The zero-order valence-electron chi connectivity index (χ0n) is 13.0. The molecular formula is C18H17N3O2. The Morgan fingerprint density at radius 2 is 1.96 bits per heavy atom. The Kier molecular flexibility index (Phi) is 4.19.